The van der Waals surface area contributed by atoms with Gasteiger partial charge in [0, 0.05) is 9.92 Å². The van der Waals surface area contributed by atoms with E-state index in [1.807, 2.05) is 30.3 Å². The number of halogens is 1. The van der Waals surface area contributed by atoms with Crippen molar-refractivity contribution in [2.24, 2.45) is 0 Å². The Morgan fingerprint density at radius 3 is 2.81 bits per heavy atom. The molecule has 0 spiro atoms. The molecule has 1 heterocycles. The van der Waals surface area contributed by atoms with Crippen molar-refractivity contribution >= 4 is 23.4 Å². The fourth-order valence-corrected chi connectivity index (χ4v) is 2.44. The smallest absolute Gasteiger partial charge is 0.113 e. The number of rotatable bonds is 4. The monoisotopic (exact) mass is 254 g/mol. The SMILES string of the molecule is OCc1ccc(SCc2ccco2)cc1Cl. The van der Waals surface area contributed by atoms with Crippen molar-refractivity contribution in [1.29, 1.82) is 0 Å². The van der Waals surface area contributed by atoms with Gasteiger partial charge in [0.2, 0.25) is 0 Å². The summed E-state index contributed by atoms with van der Waals surface area (Å²) in [5.74, 6) is 1.72. The van der Waals surface area contributed by atoms with Gasteiger partial charge < -0.3 is 9.52 Å². The Hall–Kier alpha value is -0.900. The van der Waals surface area contributed by atoms with Gasteiger partial charge in [0.1, 0.15) is 5.76 Å². The zero-order chi connectivity index (χ0) is 11.4. The largest absolute Gasteiger partial charge is 0.468 e. The normalized spacial score (nSPS) is 10.6. The van der Waals surface area contributed by atoms with Gasteiger partial charge in [-0.1, -0.05) is 17.7 Å². The molecule has 16 heavy (non-hydrogen) atoms. The Kier molecular flexibility index (Phi) is 3.93. The van der Waals surface area contributed by atoms with Crippen molar-refractivity contribution in [3.63, 3.8) is 0 Å². The molecule has 2 rings (SSSR count). The average molecular weight is 255 g/mol. The summed E-state index contributed by atoms with van der Waals surface area (Å²) in [6.07, 6.45) is 1.66. The van der Waals surface area contributed by atoms with Crippen LogP contribution >= 0.6 is 23.4 Å². The van der Waals surface area contributed by atoms with Gasteiger partial charge >= 0.3 is 0 Å². The fourth-order valence-electron chi connectivity index (χ4n) is 1.30. The summed E-state index contributed by atoms with van der Waals surface area (Å²) >= 11 is 7.65. The first-order chi connectivity index (χ1) is 7.79. The molecule has 0 radical (unpaired) electrons. The third-order valence-corrected chi connectivity index (χ3v) is 3.52. The van der Waals surface area contributed by atoms with Crippen molar-refractivity contribution in [3.8, 4) is 0 Å². The minimum atomic E-state index is -0.0258. The van der Waals surface area contributed by atoms with E-state index in [0.717, 1.165) is 22.0 Å². The van der Waals surface area contributed by atoms with E-state index in [4.69, 9.17) is 21.1 Å². The molecule has 0 amide bonds. The van der Waals surface area contributed by atoms with Crippen LogP contribution in [0.3, 0.4) is 0 Å². The molecule has 0 atom stereocenters. The molecule has 0 aliphatic heterocycles. The molecule has 0 aliphatic carbocycles. The van der Waals surface area contributed by atoms with Gasteiger partial charge in [0.25, 0.3) is 0 Å². The molecule has 0 aliphatic rings. The number of hydrogen-bond acceptors (Lipinski definition) is 3. The van der Waals surface area contributed by atoms with E-state index < -0.39 is 0 Å². The molecule has 0 saturated heterocycles. The van der Waals surface area contributed by atoms with Gasteiger partial charge in [-0.15, -0.1) is 11.8 Å². The predicted molar refractivity (Wildman–Crippen MR) is 65.6 cm³/mol. The Morgan fingerprint density at radius 2 is 2.19 bits per heavy atom. The summed E-state index contributed by atoms with van der Waals surface area (Å²) in [4.78, 5) is 1.07. The lowest BCUT2D eigenvalue weighted by Gasteiger charge is -2.03. The number of benzene rings is 1. The number of hydrogen-bond donors (Lipinski definition) is 1. The average Bonchev–Trinajstić information content (AvgIpc) is 2.79. The molecular weight excluding hydrogens is 244 g/mol. The van der Waals surface area contributed by atoms with Crippen LogP contribution in [0.5, 0.6) is 0 Å². The number of aliphatic hydroxyl groups excluding tert-OH is 1. The van der Waals surface area contributed by atoms with Gasteiger partial charge in [0.05, 0.1) is 18.6 Å². The lowest BCUT2D eigenvalue weighted by molar-refractivity contribution is 0.282. The Morgan fingerprint density at radius 1 is 1.31 bits per heavy atom. The summed E-state index contributed by atoms with van der Waals surface area (Å²) in [5.41, 5.74) is 0.754. The fraction of sp³-hybridized carbons (Fsp3) is 0.167. The molecule has 0 saturated carbocycles. The summed E-state index contributed by atoms with van der Waals surface area (Å²) in [6, 6.07) is 9.47. The van der Waals surface area contributed by atoms with Crippen LogP contribution in [0.25, 0.3) is 0 Å². The molecule has 2 nitrogen and oxygen atoms in total. The van der Waals surface area contributed by atoms with Gasteiger partial charge in [-0.2, -0.15) is 0 Å². The maximum absolute atomic E-state index is 8.98. The van der Waals surface area contributed by atoms with Crippen molar-refractivity contribution in [2.45, 2.75) is 17.3 Å². The minimum absolute atomic E-state index is 0.0258. The van der Waals surface area contributed by atoms with Crippen LogP contribution in [0, 0.1) is 0 Å². The van der Waals surface area contributed by atoms with Crippen LogP contribution in [0.1, 0.15) is 11.3 Å². The molecule has 4 heteroatoms. The minimum Gasteiger partial charge on any atom is -0.468 e. The molecule has 84 valence electrons. The third-order valence-electron chi connectivity index (χ3n) is 2.16. The van der Waals surface area contributed by atoms with Crippen molar-refractivity contribution < 1.29 is 9.52 Å². The van der Waals surface area contributed by atoms with E-state index in [9.17, 15) is 0 Å². The highest BCUT2D eigenvalue weighted by molar-refractivity contribution is 7.98. The summed E-state index contributed by atoms with van der Waals surface area (Å²) < 4.78 is 5.24. The Bertz CT molecular complexity index is 454. The standard InChI is InChI=1S/C12H11ClO2S/c13-12-6-11(4-3-9(12)7-14)16-8-10-2-1-5-15-10/h1-6,14H,7-8H2. The van der Waals surface area contributed by atoms with Crippen LogP contribution in [-0.2, 0) is 12.4 Å². The third kappa shape index (κ3) is 2.82. The molecule has 1 aromatic heterocycles. The predicted octanol–water partition coefficient (Wildman–Crippen LogP) is 3.72. The van der Waals surface area contributed by atoms with E-state index in [1.54, 1.807) is 18.0 Å². The lowest BCUT2D eigenvalue weighted by atomic mass is 10.2. The second-order valence-corrected chi connectivity index (χ2v) is 4.74. The van der Waals surface area contributed by atoms with Crippen LogP contribution < -0.4 is 0 Å². The van der Waals surface area contributed by atoms with Crippen molar-refractivity contribution in [2.75, 3.05) is 0 Å². The van der Waals surface area contributed by atoms with Crippen LogP contribution in [0.2, 0.25) is 5.02 Å². The van der Waals surface area contributed by atoms with E-state index >= 15 is 0 Å². The Labute approximate surface area is 103 Å². The molecule has 0 unspecified atom stereocenters. The number of furan rings is 1. The first-order valence-corrected chi connectivity index (χ1v) is 6.20. The maximum atomic E-state index is 8.98. The summed E-state index contributed by atoms with van der Waals surface area (Å²) in [7, 11) is 0. The van der Waals surface area contributed by atoms with E-state index in [0.29, 0.717) is 5.02 Å². The Balaban J connectivity index is 2.02. The second kappa shape index (κ2) is 5.43. The van der Waals surface area contributed by atoms with Crippen molar-refractivity contribution in [3.05, 3.63) is 52.9 Å². The zero-order valence-electron chi connectivity index (χ0n) is 8.52. The highest BCUT2D eigenvalue weighted by Crippen LogP contribution is 2.27. The molecule has 1 aromatic carbocycles. The number of thioether (sulfide) groups is 1. The van der Waals surface area contributed by atoms with Crippen LogP contribution in [0.15, 0.2) is 45.9 Å². The highest BCUT2D eigenvalue weighted by atomic mass is 35.5. The molecular formula is C12H11ClO2S. The van der Waals surface area contributed by atoms with Gasteiger partial charge in [-0.3, -0.25) is 0 Å². The van der Waals surface area contributed by atoms with Gasteiger partial charge in [-0.05, 0) is 29.8 Å². The lowest BCUT2D eigenvalue weighted by Crippen LogP contribution is -1.85. The van der Waals surface area contributed by atoms with E-state index in [1.165, 1.54) is 0 Å². The van der Waals surface area contributed by atoms with E-state index in [2.05, 4.69) is 0 Å². The second-order valence-electron chi connectivity index (χ2n) is 3.28. The van der Waals surface area contributed by atoms with Crippen LogP contribution in [0.4, 0.5) is 0 Å². The highest BCUT2D eigenvalue weighted by Gasteiger charge is 2.02. The van der Waals surface area contributed by atoms with Crippen molar-refractivity contribution in [1.82, 2.24) is 0 Å². The maximum Gasteiger partial charge on any atom is 0.113 e. The summed E-state index contributed by atoms with van der Waals surface area (Å²) in [5, 5.41) is 9.59. The summed E-state index contributed by atoms with van der Waals surface area (Å²) in [6.45, 7) is -0.0258. The molecule has 0 fully saturated rings. The van der Waals surface area contributed by atoms with Gasteiger partial charge in [-0.25, -0.2) is 0 Å². The van der Waals surface area contributed by atoms with E-state index in [-0.39, 0.29) is 6.61 Å². The number of aliphatic hydroxyl groups is 1. The zero-order valence-corrected chi connectivity index (χ0v) is 10.1. The quantitative estimate of drug-likeness (QED) is 0.845. The molecule has 1 N–H and O–H groups in total. The van der Waals surface area contributed by atoms with Crippen LogP contribution in [-0.4, -0.2) is 5.11 Å². The topological polar surface area (TPSA) is 33.4 Å². The van der Waals surface area contributed by atoms with Gasteiger partial charge in [0.15, 0.2) is 0 Å². The molecule has 0 bridgehead atoms. The first kappa shape index (κ1) is 11.6. The first-order valence-electron chi connectivity index (χ1n) is 4.84. The molecule has 2 aromatic rings.